The average Bonchev–Trinajstić information content (AvgIpc) is 2.68. The van der Waals surface area contributed by atoms with E-state index in [2.05, 4.69) is 40.5 Å². The van der Waals surface area contributed by atoms with Crippen LogP contribution in [0.2, 0.25) is 0 Å². The van der Waals surface area contributed by atoms with Crippen molar-refractivity contribution in [2.75, 3.05) is 13.1 Å². The molecule has 0 radical (unpaired) electrons. The lowest BCUT2D eigenvalue weighted by Crippen LogP contribution is -2.48. The van der Waals surface area contributed by atoms with Gasteiger partial charge in [0.1, 0.15) is 0 Å². The third kappa shape index (κ3) is 5.17. The summed E-state index contributed by atoms with van der Waals surface area (Å²) in [6.45, 7) is 4.65. The Bertz CT molecular complexity index is 648. The molecule has 0 unspecified atom stereocenters. The molecule has 1 heterocycles. The number of nitrogens with zero attached hydrogens (tertiary/aromatic N) is 1. The molecule has 3 nitrogen and oxygen atoms in total. The molecule has 0 aliphatic carbocycles. The first-order valence-corrected chi connectivity index (χ1v) is 9.32. The van der Waals surface area contributed by atoms with Crippen LogP contribution in [0.15, 0.2) is 60.7 Å². The first kappa shape index (κ1) is 17.7. The van der Waals surface area contributed by atoms with Crippen LogP contribution in [0.5, 0.6) is 0 Å². The fourth-order valence-electron chi connectivity index (χ4n) is 3.59. The van der Waals surface area contributed by atoms with Crippen molar-refractivity contribution in [2.24, 2.45) is 5.92 Å². The number of likely N-dealkylation sites (tertiary alicyclic amines) is 1. The van der Waals surface area contributed by atoms with Gasteiger partial charge >= 0.3 is 0 Å². The highest BCUT2D eigenvalue weighted by Crippen LogP contribution is 2.23. The van der Waals surface area contributed by atoms with Crippen molar-refractivity contribution in [3.8, 4) is 0 Å². The maximum atomic E-state index is 12.4. The molecule has 0 spiro atoms. The van der Waals surface area contributed by atoms with E-state index in [1.807, 2.05) is 37.3 Å². The second-order valence-corrected chi connectivity index (χ2v) is 7.05. The monoisotopic (exact) mass is 336 g/mol. The topological polar surface area (TPSA) is 32.3 Å². The average molecular weight is 336 g/mol. The second-order valence-electron chi connectivity index (χ2n) is 7.05. The van der Waals surface area contributed by atoms with Crippen molar-refractivity contribution >= 4 is 5.91 Å². The summed E-state index contributed by atoms with van der Waals surface area (Å²) in [5.74, 6) is 0.864. The van der Waals surface area contributed by atoms with Crippen LogP contribution in [0.1, 0.15) is 30.9 Å². The van der Waals surface area contributed by atoms with E-state index in [0.29, 0.717) is 6.54 Å². The Kier molecular flexibility index (Phi) is 6.24. The van der Waals surface area contributed by atoms with Gasteiger partial charge in [0.25, 0.3) is 0 Å². The molecule has 1 aliphatic rings. The van der Waals surface area contributed by atoms with Crippen molar-refractivity contribution < 1.29 is 4.79 Å². The maximum Gasteiger partial charge on any atom is 0.237 e. The minimum Gasteiger partial charge on any atom is -0.351 e. The Morgan fingerprint density at radius 1 is 1.00 bits per heavy atom. The number of rotatable bonds is 6. The molecule has 2 aromatic rings. The molecular weight excluding hydrogens is 308 g/mol. The predicted molar refractivity (Wildman–Crippen MR) is 102 cm³/mol. The largest absolute Gasteiger partial charge is 0.351 e. The summed E-state index contributed by atoms with van der Waals surface area (Å²) in [5.41, 5.74) is 2.57. The van der Waals surface area contributed by atoms with Crippen LogP contribution in [0.3, 0.4) is 0 Å². The summed E-state index contributed by atoms with van der Waals surface area (Å²) >= 11 is 0. The van der Waals surface area contributed by atoms with E-state index in [4.69, 9.17) is 0 Å². The number of benzene rings is 2. The summed E-state index contributed by atoms with van der Waals surface area (Å²) in [6.07, 6.45) is 3.50. The summed E-state index contributed by atoms with van der Waals surface area (Å²) in [5, 5.41) is 3.07. The molecule has 1 aliphatic heterocycles. The van der Waals surface area contributed by atoms with Gasteiger partial charge in [-0.25, -0.2) is 0 Å². The third-order valence-electron chi connectivity index (χ3n) is 5.25. The fraction of sp³-hybridized carbons (Fsp3) is 0.409. The zero-order chi connectivity index (χ0) is 17.5. The summed E-state index contributed by atoms with van der Waals surface area (Å²) in [7, 11) is 0. The number of carbonyl (C=O) groups is 1. The Morgan fingerprint density at radius 3 is 2.16 bits per heavy atom. The van der Waals surface area contributed by atoms with Crippen LogP contribution in [0, 0.1) is 5.92 Å². The van der Waals surface area contributed by atoms with Gasteiger partial charge in [-0.2, -0.15) is 0 Å². The van der Waals surface area contributed by atoms with Crippen LogP contribution in [-0.4, -0.2) is 29.9 Å². The first-order valence-electron chi connectivity index (χ1n) is 9.32. The molecule has 3 heteroatoms. The summed E-state index contributed by atoms with van der Waals surface area (Å²) < 4.78 is 0. The third-order valence-corrected chi connectivity index (χ3v) is 5.25. The van der Waals surface area contributed by atoms with E-state index in [9.17, 15) is 4.79 Å². The molecule has 0 bridgehead atoms. The lowest BCUT2D eigenvalue weighted by molar-refractivity contribution is -0.126. The normalized spacial score (nSPS) is 17.2. The van der Waals surface area contributed by atoms with Crippen LogP contribution in [-0.2, 0) is 17.8 Å². The Morgan fingerprint density at radius 2 is 1.56 bits per heavy atom. The van der Waals surface area contributed by atoms with Gasteiger partial charge in [-0.05, 0) is 56.3 Å². The minimum atomic E-state index is -0.0543. The van der Waals surface area contributed by atoms with Crippen LogP contribution < -0.4 is 5.32 Å². The van der Waals surface area contributed by atoms with Gasteiger partial charge in [-0.15, -0.1) is 0 Å². The second kappa shape index (κ2) is 8.82. The number of carbonyl (C=O) groups excluding carboxylic acids is 1. The Balaban J connectivity index is 1.43. The van der Waals surface area contributed by atoms with Crippen LogP contribution in [0.4, 0.5) is 0 Å². The summed E-state index contributed by atoms with van der Waals surface area (Å²) in [4.78, 5) is 14.8. The van der Waals surface area contributed by atoms with Gasteiger partial charge in [0.2, 0.25) is 5.91 Å². The van der Waals surface area contributed by atoms with Crippen molar-refractivity contribution in [2.45, 2.75) is 38.8 Å². The lowest BCUT2D eigenvalue weighted by atomic mass is 9.89. The van der Waals surface area contributed by atoms with E-state index >= 15 is 0 Å². The van der Waals surface area contributed by atoms with Gasteiger partial charge in [0, 0.05) is 6.54 Å². The highest BCUT2D eigenvalue weighted by Gasteiger charge is 2.26. The first-order chi connectivity index (χ1) is 12.2. The Labute approximate surface area is 151 Å². The lowest BCUT2D eigenvalue weighted by Gasteiger charge is -2.35. The van der Waals surface area contributed by atoms with Crippen molar-refractivity contribution in [3.63, 3.8) is 0 Å². The van der Waals surface area contributed by atoms with Crippen molar-refractivity contribution in [1.82, 2.24) is 10.2 Å². The summed E-state index contributed by atoms with van der Waals surface area (Å²) in [6, 6.07) is 20.8. The molecule has 1 fully saturated rings. The Hall–Kier alpha value is -2.13. The number of hydrogen-bond donors (Lipinski definition) is 1. The number of hydrogen-bond acceptors (Lipinski definition) is 2. The molecular formula is C22H28N2O. The molecule has 0 saturated carbocycles. The molecule has 132 valence electrons. The van der Waals surface area contributed by atoms with Gasteiger partial charge in [0.05, 0.1) is 6.04 Å². The predicted octanol–water partition coefficient (Wildman–Crippen LogP) is 3.65. The molecule has 0 aromatic heterocycles. The van der Waals surface area contributed by atoms with E-state index in [-0.39, 0.29) is 11.9 Å². The van der Waals surface area contributed by atoms with E-state index < -0.39 is 0 Å². The fourth-order valence-corrected chi connectivity index (χ4v) is 3.59. The smallest absolute Gasteiger partial charge is 0.237 e. The molecule has 1 N–H and O–H groups in total. The van der Waals surface area contributed by atoms with Crippen molar-refractivity contribution in [1.29, 1.82) is 0 Å². The standard InChI is InChI=1S/C22H28N2O/c1-18(22(25)23-17-21-10-6-3-7-11-21)24-14-12-20(13-15-24)16-19-8-4-2-5-9-19/h2-11,18,20H,12-17H2,1H3,(H,23,25)/t18-/m0/s1. The highest BCUT2D eigenvalue weighted by atomic mass is 16.2. The zero-order valence-corrected chi connectivity index (χ0v) is 15.0. The van der Waals surface area contributed by atoms with Gasteiger partial charge < -0.3 is 5.32 Å². The number of piperidine rings is 1. The van der Waals surface area contributed by atoms with Gasteiger partial charge in [0.15, 0.2) is 0 Å². The maximum absolute atomic E-state index is 12.4. The van der Waals surface area contributed by atoms with Gasteiger partial charge in [-0.1, -0.05) is 60.7 Å². The highest BCUT2D eigenvalue weighted by molar-refractivity contribution is 5.81. The molecule has 2 aromatic carbocycles. The zero-order valence-electron chi connectivity index (χ0n) is 15.0. The van der Waals surface area contributed by atoms with E-state index in [0.717, 1.165) is 31.0 Å². The van der Waals surface area contributed by atoms with Crippen LogP contribution in [0.25, 0.3) is 0 Å². The quantitative estimate of drug-likeness (QED) is 0.873. The molecule has 3 rings (SSSR count). The minimum absolute atomic E-state index is 0.0543. The number of amides is 1. The number of nitrogens with one attached hydrogen (secondary N) is 1. The molecule has 1 saturated heterocycles. The van der Waals surface area contributed by atoms with Crippen LogP contribution >= 0.6 is 0 Å². The SMILES string of the molecule is C[C@@H](C(=O)NCc1ccccc1)N1CCC(Cc2ccccc2)CC1. The molecule has 25 heavy (non-hydrogen) atoms. The molecule has 1 amide bonds. The van der Waals surface area contributed by atoms with Crippen molar-refractivity contribution in [3.05, 3.63) is 71.8 Å². The van der Waals surface area contributed by atoms with E-state index in [1.165, 1.54) is 18.4 Å². The van der Waals surface area contributed by atoms with E-state index in [1.54, 1.807) is 0 Å². The van der Waals surface area contributed by atoms with Gasteiger partial charge in [-0.3, -0.25) is 9.69 Å². The molecule has 1 atom stereocenters.